The molecule has 0 unspecified atom stereocenters. The summed E-state index contributed by atoms with van der Waals surface area (Å²) in [6.07, 6.45) is 16.4. The van der Waals surface area contributed by atoms with Crippen LogP contribution in [0.4, 0.5) is 0 Å². The van der Waals surface area contributed by atoms with Gasteiger partial charge in [0.1, 0.15) is 0 Å². The lowest BCUT2D eigenvalue weighted by molar-refractivity contribution is -0.172. The van der Waals surface area contributed by atoms with Crippen molar-refractivity contribution < 1.29 is 10.2 Å². The molecule has 144 valence electrons. The third kappa shape index (κ3) is 3.00. The summed E-state index contributed by atoms with van der Waals surface area (Å²) < 4.78 is 0. The number of unbranched alkanes of at least 4 members (excludes halogenated alkanes) is 2. The Bertz CT molecular complexity index is 490. The molecule has 0 aliphatic heterocycles. The van der Waals surface area contributed by atoms with Crippen LogP contribution in [0.3, 0.4) is 0 Å². The van der Waals surface area contributed by atoms with Gasteiger partial charge in [0.15, 0.2) is 0 Å². The zero-order valence-corrected chi connectivity index (χ0v) is 16.6. The molecule has 0 amide bonds. The van der Waals surface area contributed by atoms with Crippen LogP contribution in [0, 0.1) is 34.5 Å². The van der Waals surface area contributed by atoms with E-state index < -0.39 is 0 Å². The maximum absolute atomic E-state index is 11.5. The van der Waals surface area contributed by atoms with Gasteiger partial charge in [0.25, 0.3) is 0 Å². The average molecular weight is 349 g/mol. The van der Waals surface area contributed by atoms with Crippen LogP contribution in [-0.2, 0) is 0 Å². The van der Waals surface area contributed by atoms with Crippen LogP contribution in [0.5, 0.6) is 0 Å². The molecule has 0 aromatic heterocycles. The Hall–Kier alpha value is -0.0800. The monoisotopic (exact) mass is 348 g/mol. The number of rotatable bonds is 5. The van der Waals surface area contributed by atoms with Gasteiger partial charge < -0.3 is 10.2 Å². The summed E-state index contributed by atoms with van der Waals surface area (Å²) in [5.41, 5.74) is 0.494. The van der Waals surface area contributed by atoms with Gasteiger partial charge >= 0.3 is 0 Å². The Morgan fingerprint density at radius 2 is 1.76 bits per heavy atom. The summed E-state index contributed by atoms with van der Waals surface area (Å²) in [4.78, 5) is 0. The van der Waals surface area contributed by atoms with Crippen molar-refractivity contribution in [2.24, 2.45) is 34.5 Å². The van der Waals surface area contributed by atoms with Crippen molar-refractivity contribution in [1.29, 1.82) is 0 Å². The molecule has 4 aliphatic rings. The Morgan fingerprint density at radius 1 is 0.960 bits per heavy atom. The van der Waals surface area contributed by atoms with Crippen molar-refractivity contribution >= 4 is 0 Å². The lowest BCUT2D eigenvalue weighted by Gasteiger charge is -2.59. The maximum atomic E-state index is 11.5. The average Bonchev–Trinajstić information content (AvgIpc) is 2.91. The molecule has 0 saturated heterocycles. The summed E-state index contributed by atoms with van der Waals surface area (Å²) in [6.45, 7) is 5.10. The van der Waals surface area contributed by atoms with Crippen molar-refractivity contribution in [2.75, 3.05) is 6.61 Å². The summed E-state index contributed by atoms with van der Waals surface area (Å²) >= 11 is 0. The number of aliphatic hydroxyl groups is 2. The summed E-state index contributed by atoms with van der Waals surface area (Å²) in [5, 5.41) is 21.5. The molecule has 2 N–H and O–H groups in total. The van der Waals surface area contributed by atoms with Crippen molar-refractivity contribution in [2.45, 2.75) is 103 Å². The van der Waals surface area contributed by atoms with Crippen molar-refractivity contribution in [1.82, 2.24) is 0 Å². The molecule has 0 radical (unpaired) electrons. The third-order valence-electron chi connectivity index (χ3n) is 9.19. The lowest BCUT2D eigenvalue weighted by atomic mass is 9.47. The largest absolute Gasteiger partial charge is 0.396 e. The van der Waals surface area contributed by atoms with Gasteiger partial charge in [-0.25, -0.2) is 0 Å². The molecule has 0 heterocycles. The van der Waals surface area contributed by atoms with Gasteiger partial charge in [-0.05, 0) is 85.9 Å². The molecule has 4 aliphatic carbocycles. The van der Waals surface area contributed by atoms with Crippen LogP contribution >= 0.6 is 0 Å². The third-order valence-corrected chi connectivity index (χ3v) is 9.19. The fourth-order valence-electron chi connectivity index (χ4n) is 7.98. The fraction of sp³-hybridized carbons (Fsp3) is 1.00. The van der Waals surface area contributed by atoms with Crippen LogP contribution in [0.2, 0.25) is 0 Å². The van der Waals surface area contributed by atoms with Gasteiger partial charge in [-0.3, -0.25) is 0 Å². The number of fused-ring (bicyclic) bond motifs is 5. The SMILES string of the molecule is CCCCC[C@H]1C[C@]2(C[C@@H]1CO)C[C@@H]1[C@H]2CC[C@]2(C)CCC[C@@]1(O)C2. The fourth-order valence-corrected chi connectivity index (χ4v) is 7.98. The molecule has 2 nitrogen and oxygen atoms in total. The van der Waals surface area contributed by atoms with E-state index in [1.807, 2.05) is 0 Å². The maximum Gasteiger partial charge on any atom is 0.0684 e. The van der Waals surface area contributed by atoms with Gasteiger partial charge in [0.05, 0.1) is 5.60 Å². The first-order valence-electron chi connectivity index (χ1n) is 11.3. The first-order valence-corrected chi connectivity index (χ1v) is 11.3. The molecule has 25 heavy (non-hydrogen) atoms. The lowest BCUT2D eigenvalue weighted by Crippen LogP contribution is -2.57. The van der Waals surface area contributed by atoms with Crippen LogP contribution in [0.15, 0.2) is 0 Å². The zero-order valence-electron chi connectivity index (χ0n) is 16.6. The van der Waals surface area contributed by atoms with Crippen LogP contribution in [0.25, 0.3) is 0 Å². The minimum atomic E-state index is -0.367. The number of hydrogen-bond acceptors (Lipinski definition) is 2. The second kappa shape index (κ2) is 6.51. The molecule has 4 rings (SSSR count). The van der Waals surface area contributed by atoms with Gasteiger partial charge in [-0.1, -0.05) is 46.0 Å². The van der Waals surface area contributed by atoms with E-state index >= 15 is 0 Å². The molecule has 7 atom stereocenters. The molecule has 4 saturated carbocycles. The first kappa shape index (κ1) is 18.3. The highest BCUT2D eigenvalue weighted by Crippen LogP contribution is 2.71. The summed E-state index contributed by atoms with van der Waals surface area (Å²) in [5.74, 6) is 2.57. The Labute approximate surface area is 154 Å². The van der Waals surface area contributed by atoms with E-state index in [0.29, 0.717) is 29.3 Å². The Morgan fingerprint density at radius 3 is 2.52 bits per heavy atom. The van der Waals surface area contributed by atoms with E-state index in [1.165, 1.54) is 70.6 Å². The summed E-state index contributed by atoms with van der Waals surface area (Å²) in [6, 6.07) is 0. The van der Waals surface area contributed by atoms with Crippen LogP contribution in [0.1, 0.15) is 97.3 Å². The van der Waals surface area contributed by atoms with E-state index in [-0.39, 0.29) is 5.60 Å². The quantitative estimate of drug-likeness (QED) is 0.661. The second-order valence-corrected chi connectivity index (χ2v) is 10.9. The van der Waals surface area contributed by atoms with Crippen molar-refractivity contribution in [3.63, 3.8) is 0 Å². The molecular formula is C23H40O2. The predicted molar refractivity (Wildman–Crippen MR) is 102 cm³/mol. The second-order valence-electron chi connectivity index (χ2n) is 10.9. The summed E-state index contributed by atoms with van der Waals surface area (Å²) in [7, 11) is 0. The topological polar surface area (TPSA) is 40.5 Å². The Kier molecular flexibility index (Phi) is 4.77. The minimum absolute atomic E-state index is 0.367. The molecule has 0 aromatic carbocycles. The number of hydrogen-bond donors (Lipinski definition) is 2. The molecule has 2 heteroatoms. The van der Waals surface area contributed by atoms with Crippen LogP contribution in [-0.4, -0.2) is 22.4 Å². The van der Waals surface area contributed by atoms with E-state index in [4.69, 9.17) is 0 Å². The zero-order chi connectivity index (χ0) is 17.7. The highest BCUT2D eigenvalue weighted by atomic mass is 16.3. The van der Waals surface area contributed by atoms with Crippen molar-refractivity contribution in [3.05, 3.63) is 0 Å². The minimum Gasteiger partial charge on any atom is -0.396 e. The Balaban J connectivity index is 1.49. The molecule has 0 aromatic rings. The smallest absolute Gasteiger partial charge is 0.0684 e. The normalized spacial score (nSPS) is 51.8. The van der Waals surface area contributed by atoms with E-state index in [1.54, 1.807) is 0 Å². The van der Waals surface area contributed by atoms with Gasteiger partial charge in [0, 0.05) is 6.61 Å². The molecular weight excluding hydrogens is 308 g/mol. The van der Waals surface area contributed by atoms with Crippen molar-refractivity contribution in [3.8, 4) is 0 Å². The van der Waals surface area contributed by atoms with E-state index in [0.717, 1.165) is 24.7 Å². The van der Waals surface area contributed by atoms with Gasteiger partial charge in [0.2, 0.25) is 0 Å². The van der Waals surface area contributed by atoms with E-state index in [2.05, 4.69) is 13.8 Å². The van der Waals surface area contributed by atoms with Crippen LogP contribution < -0.4 is 0 Å². The van der Waals surface area contributed by atoms with E-state index in [9.17, 15) is 10.2 Å². The van der Waals surface area contributed by atoms with Gasteiger partial charge in [-0.2, -0.15) is 0 Å². The molecule has 4 fully saturated rings. The molecule has 2 bridgehead atoms. The predicted octanol–water partition coefficient (Wildman–Crippen LogP) is 5.31. The highest BCUT2D eigenvalue weighted by molar-refractivity contribution is 5.15. The first-order chi connectivity index (χ1) is 11.9. The standard InChI is InChI=1S/C23H40O2/c1-3-4-5-7-17-12-22(13-18(17)15-24)14-20-19(22)8-11-21(2)9-6-10-23(20,25)16-21/h17-20,24-25H,3-16H2,1-2H3/t17-,18+,19+,20+,21-,22-,23+/m0/s1. The van der Waals surface area contributed by atoms with Gasteiger partial charge in [-0.15, -0.1) is 0 Å². The molecule has 1 spiro atoms. The number of aliphatic hydroxyl groups excluding tert-OH is 1. The highest BCUT2D eigenvalue weighted by Gasteiger charge is 2.65.